The summed E-state index contributed by atoms with van der Waals surface area (Å²) in [6, 6.07) is 17.7. The Morgan fingerprint density at radius 1 is 1.08 bits per heavy atom. The maximum Gasteiger partial charge on any atom is 0.123 e. The molecule has 1 aliphatic rings. The molecular formula is C22H29FN2O. The molecule has 0 unspecified atom stereocenters. The highest BCUT2D eigenvalue weighted by molar-refractivity contribution is 5.16. The van der Waals surface area contributed by atoms with Gasteiger partial charge in [0, 0.05) is 38.2 Å². The molecule has 0 radical (unpaired) electrons. The van der Waals surface area contributed by atoms with E-state index in [9.17, 15) is 9.50 Å². The van der Waals surface area contributed by atoms with E-state index in [-0.39, 0.29) is 18.3 Å². The number of likely N-dealkylation sites (tertiary alicyclic amines) is 1. The fourth-order valence-corrected chi connectivity index (χ4v) is 3.98. The standard InChI is InChI=1S/C22H29FN2O/c1-24(15-19-5-3-2-4-6-19)22-12-14-25(16-20(22)17-26)13-11-18-7-9-21(23)10-8-18/h2-10,20,22,26H,11-17H2,1H3/t20-,22+/m1/s1. The van der Waals surface area contributed by atoms with Gasteiger partial charge in [0.1, 0.15) is 5.82 Å². The molecule has 0 aliphatic carbocycles. The highest BCUT2D eigenvalue weighted by Gasteiger charge is 2.31. The first-order valence-electron chi connectivity index (χ1n) is 9.47. The van der Waals surface area contributed by atoms with Gasteiger partial charge in [0.2, 0.25) is 0 Å². The number of aliphatic hydroxyl groups is 1. The Hall–Kier alpha value is -1.75. The van der Waals surface area contributed by atoms with Crippen LogP contribution in [0.3, 0.4) is 0 Å². The van der Waals surface area contributed by atoms with Gasteiger partial charge >= 0.3 is 0 Å². The summed E-state index contributed by atoms with van der Waals surface area (Å²) in [7, 11) is 2.16. The van der Waals surface area contributed by atoms with Crippen LogP contribution in [0.25, 0.3) is 0 Å². The quantitative estimate of drug-likeness (QED) is 0.825. The molecule has 1 N–H and O–H groups in total. The Kier molecular flexibility index (Phi) is 6.78. The van der Waals surface area contributed by atoms with Crippen LogP contribution < -0.4 is 0 Å². The van der Waals surface area contributed by atoms with Crippen molar-refractivity contribution < 1.29 is 9.50 Å². The third kappa shape index (κ3) is 5.13. The highest BCUT2D eigenvalue weighted by Crippen LogP contribution is 2.23. The van der Waals surface area contributed by atoms with Gasteiger partial charge in [0.15, 0.2) is 0 Å². The Balaban J connectivity index is 1.52. The van der Waals surface area contributed by atoms with Gasteiger partial charge in [-0.15, -0.1) is 0 Å². The van der Waals surface area contributed by atoms with Gasteiger partial charge in [0.05, 0.1) is 0 Å². The molecule has 1 heterocycles. The van der Waals surface area contributed by atoms with E-state index in [1.807, 2.05) is 18.2 Å². The Bertz CT molecular complexity index is 662. The van der Waals surface area contributed by atoms with Crippen LogP contribution in [-0.2, 0) is 13.0 Å². The van der Waals surface area contributed by atoms with Gasteiger partial charge in [-0.3, -0.25) is 4.90 Å². The van der Waals surface area contributed by atoms with Crippen molar-refractivity contribution in [2.45, 2.75) is 25.4 Å². The summed E-state index contributed by atoms with van der Waals surface area (Å²) in [6.45, 7) is 4.05. The molecule has 2 aromatic carbocycles. The van der Waals surface area contributed by atoms with Gasteiger partial charge < -0.3 is 10.0 Å². The molecule has 0 spiro atoms. The smallest absolute Gasteiger partial charge is 0.123 e. The van der Waals surface area contributed by atoms with E-state index in [0.29, 0.717) is 6.04 Å². The zero-order valence-electron chi connectivity index (χ0n) is 15.5. The van der Waals surface area contributed by atoms with E-state index in [0.717, 1.165) is 44.6 Å². The molecular weight excluding hydrogens is 327 g/mol. The van der Waals surface area contributed by atoms with Crippen molar-refractivity contribution in [3.63, 3.8) is 0 Å². The van der Waals surface area contributed by atoms with Gasteiger partial charge in [-0.1, -0.05) is 42.5 Å². The van der Waals surface area contributed by atoms with Crippen molar-refractivity contribution in [3.8, 4) is 0 Å². The van der Waals surface area contributed by atoms with Crippen molar-refractivity contribution in [1.29, 1.82) is 0 Å². The molecule has 1 fully saturated rings. The zero-order valence-corrected chi connectivity index (χ0v) is 15.5. The maximum atomic E-state index is 13.0. The molecule has 3 rings (SSSR count). The minimum absolute atomic E-state index is 0.184. The molecule has 26 heavy (non-hydrogen) atoms. The number of aliphatic hydroxyl groups excluding tert-OH is 1. The summed E-state index contributed by atoms with van der Waals surface area (Å²) >= 11 is 0. The molecule has 1 saturated heterocycles. The third-order valence-corrected chi connectivity index (χ3v) is 5.48. The second kappa shape index (κ2) is 9.26. The summed E-state index contributed by atoms with van der Waals surface area (Å²) in [5.74, 6) is 0.0852. The molecule has 0 amide bonds. The van der Waals surface area contributed by atoms with E-state index < -0.39 is 0 Å². The summed E-state index contributed by atoms with van der Waals surface area (Å²) < 4.78 is 13.0. The number of halogens is 1. The maximum absolute atomic E-state index is 13.0. The summed E-state index contributed by atoms with van der Waals surface area (Å²) in [4.78, 5) is 4.81. The van der Waals surface area contributed by atoms with Crippen LogP contribution in [0.1, 0.15) is 17.5 Å². The van der Waals surface area contributed by atoms with Crippen LogP contribution in [0, 0.1) is 11.7 Å². The zero-order chi connectivity index (χ0) is 18.4. The van der Waals surface area contributed by atoms with Crippen LogP contribution in [0.15, 0.2) is 54.6 Å². The molecule has 1 aliphatic heterocycles. The number of rotatable bonds is 7. The van der Waals surface area contributed by atoms with Crippen molar-refractivity contribution >= 4 is 0 Å². The topological polar surface area (TPSA) is 26.7 Å². The normalized spacial score (nSPS) is 21.2. The van der Waals surface area contributed by atoms with Crippen molar-refractivity contribution in [2.75, 3.05) is 33.3 Å². The average Bonchev–Trinajstić information content (AvgIpc) is 2.68. The van der Waals surface area contributed by atoms with Crippen LogP contribution in [0.5, 0.6) is 0 Å². The SMILES string of the molecule is CN(Cc1ccccc1)[C@H]1CCN(CCc2ccc(F)cc2)C[C@@H]1CO. The number of benzene rings is 2. The predicted octanol–water partition coefficient (Wildman–Crippen LogP) is 3.18. The molecule has 2 aromatic rings. The molecule has 2 atom stereocenters. The molecule has 0 saturated carbocycles. The van der Waals surface area contributed by atoms with Gasteiger partial charge in [-0.25, -0.2) is 4.39 Å². The Morgan fingerprint density at radius 2 is 1.81 bits per heavy atom. The monoisotopic (exact) mass is 356 g/mol. The Labute approximate surface area is 156 Å². The largest absolute Gasteiger partial charge is 0.396 e. The first-order chi connectivity index (χ1) is 12.7. The minimum atomic E-state index is -0.184. The van der Waals surface area contributed by atoms with Crippen molar-refractivity contribution in [2.24, 2.45) is 5.92 Å². The van der Waals surface area contributed by atoms with Crippen LogP contribution in [-0.4, -0.2) is 54.2 Å². The fourth-order valence-electron chi connectivity index (χ4n) is 3.98. The lowest BCUT2D eigenvalue weighted by Crippen LogP contribution is -2.51. The van der Waals surface area contributed by atoms with E-state index in [1.54, 1.807) is 0 Å². The van der Waals surface area contributed by atoms with Crippen LogP contribution in [0.4, 0.5) is 4.39 Å². The summed E-state index contributed by atoms with van der Waals surface area (Å²) in [6.07, 6.45) is 1.99. The second-order valence-electron chi connectivity index (χ2n) is 7.38. The lowest BCUT2D eigenvalue weighted by molar-refractivity contribution is 0.0357. The number of hydrogen-bond donors (Lipinski definition) is 1. The minimum Gasteiger partial charge on any atom is -0.396 e. The first-order valence-corrected chi connectivity index (χ1v) is 9.47. The molecule has 4 heteroatoms. The third-order valence-electron chi connectivity index (χ3n) is 5.48. The predicted molar refractivity (Wildman–Crippen MR) is 103 cm³/mol. The van der Waals surface area contributed by atoms with E-state index in [4.69, 9.17) is 0 Å². The van der Waals surface area contributed by atoms with Crippen molar-refractivity contribution in [1.82, 2.24) is 9.80 Å². The Morgan fingerprint density at radius 3 is 2.50 bits per heavy atom. The van der Waals surface area contributed by atoms with E-state index >= 15 is 0 Å². The van der Waals surface area contributed by atoms with Gasteiger partial charge in [-0.2, -0.15) is 0 Å². The molecule has 0 bridgehead atoms. The number of hydrogen-bond acceptors (Lipinski definition) is 3. The van der Waals surface area contributed by atoms with Crippen LogP contribution in [0.2, 0.25) is 0 Å². The molecule has 140 valence electrons. The lowest BCUT2D eigenvalue weighted by atomic mass is 9.91. The van der Waals surface area contributed by atoms with Gasteiger partial charge in [-0.05, 0) is 49.7 Å². The van der Waals surface area contributed by atoms with Gasteiger partial charge in [0.25, 0.3) is 0 Å². The summed E-state index contributed by atoms with van der Waals surface area (Å²) in [5, 5.41) is 9.91. The average molecular weight is 356 g/mol. The van der Waals surface area contributed by atoms with E-state index in [2.05, 4.69) is 41.1 Å². The molecule has 3 nitrogen and oxygen atoms in total. The fraction of sp³-hybridized carbons (Fsp3) is 0.455. The number of piperidine rings is 1. The molecule has 0 aromatic heterocycles. The first kappa shape index (κ1) is 19.0. The van der Waals surface area contributed by atoms with Crippen molar-refractivity contribution in [3.05, 3.63) is 71.5 Å². The van der Waals surface area contributed by atoms with Crippen LogP contribution >= 0.6 is 0 Å². The second-order valence-corrected chi connectivity index (χ2v) is 7.38. The lowest BCUT2D eigenvalue weighted by Gasteiger charge is -2.42. The van der Waals surface area contributed by atoms with E-state index in [1.165, 1.54) is 17.7 Å². The summed E-state index contributed by atoms with van der Waals surface area (Å²) in [5.41, 5.74) is 2.47. The number of nitrogens with zero attached hydrogens (tertiary/aromatic N) is 2. The highest BCUT2D eigenvalue weighted by atomic mass is 19.1.